The van der Waals surface area contributed by atoms with Crippen molar-refractivity contribution in [3.05, 3.63) is 68.7 Å². The topological polar surface area (TPSA) is 26.0 Å². The zero-order valence-electron chi connectivity index (χ0n) is 8.83. The van der Waals surface area contributed by atoms with Gasteiger partial charge in [-0.05, 0) is 29.8 Å². The first-order valence-electron chi connectivity index (χ1n) is 5.04. The van der Waals surface area contributed by atoms with Crippen molar-refractivity contribution in [1.82, 2.24) is 0 Å². The van der Waals surface area contributed by atoms with Gasteiger partial charge in [-0.1, -0.05) is 53.0 Å². The lowest BCUT2D eigenvalue weighted by Crippen LogP contribution is -2.12. The fourth-order valence-corrected chi connectivity index (χ4v) is 2.51. The van der Waals surface area contributed by atoms with Crippen LogP contribution < -0.4 is 5.73 Å². The van der Waals surface area contributed by atoms with Gasteiger partial charge in [-0.3, -0.25) is 0 Å². The lowest BCUT2D eigenvalue weighted by molar-refractivity contribution is 0.872. The molecule has 1 nitrogen and oxygen atoms in total. The zero-order valence-corrected chi connectivity index (χ0v) is 11.1. The van der Waals surface area contributed by atoms with Gasteiger partial charge >= 0.3 is 0 Å². The first-order valence-corrected chi connectivity index (χ1v) is 6.18. The van der Waals surface area contributed by atoms with Crippen molar-refractivity contribution in [2.75, 3.05) is 0 Å². The third-order valence-corrected chi connectivity index (χ3v) is 3.41. The van der Waals surface area contributed by atoms with Crippen LogP contribution in [-0.4, -0.2) is 0 Å². The molecule has 0 aromatic heterocycles. The second-order valence-electron chi connectivity index (χ2n) is 3.67. The van der Waals surface area contributed by atoms with Gasteiger partial charge in [-0.15, -0.1) is 0 Å². The van der Waals surface area contributed by atoms with Crippen molar-refractivity contribution in [2.24, 2.45) is 5.73 Å². The van der Waals surface area contributed by atoms with Gasteiger partial charge < -0.3 is 5.73 Å². The third kappa shape index (κ3) is 2.75. The maximum atomic E-state index is 6.16. The highest BCUT2D eigenvalue weighted by Gasteiger charge is 2.15. The zero-order chi connectivity index (χ0) is 12.4. The van der Waals surface area contributed by atoms with Gasteiger partial charge in [0.25, 0.3) is 0 Å². The predicted molar refractivity (Wildman–Crippen MR) is 73.9 cm³/mol. The molecule has 2 aromatic carbocycles. The van der Waals surface area contributed by atoms with Crippen LogP contribution in [0.5, 0.6) is 0 Å². The van der Waals surface area contributed by atoms with E-state index in [4.69, 9.17) is 40.5 Å². The maximum Gasteiger partial charge on any atom is 0.0581 e. The van der Waals surface area contributed by atoms with Crippen LogP contribution in [0.25, 0.3) is 0 Å². The van der Waals surface area contributed by atoms with Crippen molar-refractivity contribution in [1.29, 1.82) is 0 Å². The first-order chi connectivity index (χ1) is 8.09. The van der Waals surface area contributed by atoms with Gasteiger partial charge in [0.2, 0.25) is 0 Å². The fourth-order valence-electron chi connectivity index (χ4n) is 1.67. The van der Waals surface area contributed by atoms with Crippen LogP contribution in [0.2, 0.25) is 15.1 Å². The van der Waals surface area contributed by atoms with Crippen LogP contribution in [0.4, 0.5) is 0 Å². The summed E-state index contributed by atoms with van der Waals surface area (Å²) in [5, 5.41) is 1.76. The quantitative estimate of drug-likeness (QED) is 0.851. The van der Waals surface area contributed by atoms with E-state index in [0.717, 1.165) is 11.1 Å². The molecule has 0 aliphatic rings. The van der Waals surface area contributed by atoms with E-state index < -0.39 is 0 Å². The second-order valence-corrected chi connectivity index (χ2v) is 4.92. The second kappa shape index (κ2) is 5.28. The number of nitrogens with two attached hydrogens (primary N) is 1. The Balaban J connectivity index is 2.47. The molecule has 17 heavy (non-hydrogen) atoms. The minimum atomic E-state index is -0.380. The number of hydrogen-bond donors (Lipinski definition) is 1. The molecule has 0 saturated carbocycles. The van der Waals surface area contributed by atoms with E-state index in [1.165, 1.54) is 0 Å². The van der Waals surface area contributed by atoms with E-state index in [9.17, 15) is 0 Å². The molecular weight excluding hydrogens is 277 g/mol. The first kappa shape index (κ1) is 12.7. The molecule has 0 bridgehead atoms. The summed E-state index contributed by atoms with van der Waals surface area (Å²) in [5.41, 5.74) is 7.76. The molecule has 88 valence electrons. The van der Waals surface area contributed by atoms with Crippen LogP contribution in [0.1, 0.15) is 17.2 Å². The molecule has 0 fully saturated rings. The summed E-state index contributed by atoms with van der Waals surface area (Å²) in [4.78, 5) is 0. The van der Waals surface area contributed by atoms with Crippen molar-refractivity contribution in [3.8, 4) is 0 Å². The summed E-state index contributed by atoms with van der Waals surface area (Å²) < 4.78 is 0. The SMILES string of the molecule is NC(c1cccc(Cl)c1)c1c(Cl)cccc1Cl. The summed E-state index contributed by atoms with van der Waals surface area (Å²) in [5.74, 6) is 0. The largest absolute Gasteiger partial charge is 0.320 e. The minimum Gasteiger partial charge on any atom is -0.320 e. The van der Waals surface area contributed by atoms with Gasteiger partial charge in [0.05, 0.1) is 6.04 Å². The highest BCUT2D eigenvalue weighted by atomic mass is 35.5. The predicted octanol–water partition coefficient (Wildman–Crippen LogP) is 4.69. The van der Waals surface area contributed by atoms with Crippen molar-refractivity contribution < 1.29 is 0 Å². The van der Waals surface area contributed by atoms with Gasteiger partial charge in [0.15, 0.2) is 0 Å². The van der Waals surface area contributed by atoms with Crippen LogP contribution >= 0.6 is 34.8 Å². The Morgan fingerprint density at radius 3 is 2.06 bits per heavy atom. The third-order valence-electron chi connectivity index (χ3n) is 2.52. The summed E-state index contributed by atoms with van der Waals surface area (Å²) in [6.45, 7) is 0. The molecule has 0 heterocycles. The Morgan fingerprint density at radius 1 is 0.882 bits per heavy atom. The van der Waals surface area contributed by atoms with Gasteiger partial charge in [0, 0.05) is 20.6 Å². The molecule has 2 N–H and O–H groups in total. The fraction of sp³-hybridized carbons (Fsp3) is 0.0769. The molecule has 2 aromatic rings. The lowest BCUT2D eigenvalue weighted by atomic mass is 9.99. The Labute approximate surface area is 115 Å². The van der Waals surface area contributed by atoms with Crippen LogP contribution in [-0.2, 0) is 0 Å². The van der Waals surface area contributed by atoms with Crippen LogP contribution in [0.3, 0.4) is 0 Å². The Morgan fingerprint density at radius 2 is 1.47 bits per heavy atom. The van der Waals surface area contributed by atoms with E-state index in [1.807, 2.05) is 18.2 Å². The summed E-state index contributed by atoms with van der Waals surface area (Å²) in [6.07, 6.45) is 0. The molecule has 1 unspecified atom stereocenters. The van der Waals surface area contributed by atoms with Crippen LogP contribution in [0.15, 0.2) is 42.5 Å². The molecular formula is C13H10Cl3N. The van der Waals surface area contributed by atoms with Crippen molar-refractivity contribution >= 4 is 34.8 Å². The molecule has 0 radical (unpaired) electrons. The Kier molecular flexibility index (Phi) is 3.95. The summed E-state index contributed by atoms with van der Waals surface area (Å²) in [6, 6.07) is 12.3. The molecule has 0 aliphatic carbocycles. The minimum absolute atomic E-state index is 0.380. The monoisotopic (exact) mass is 285 g/mol. The smallest absolute Gasteiger partial charge is 0.0581 e. The van der Waals surface area contributed by atoms with Crippen LogP contribution in [0, 0.1) is 0 Å². The number of halogens is 3. The van der Waals surface area contributed by atoms with E-state index in [0.29, 0.717) is 15.1 Å². The molecule has 0 spiro atoms. The molecule has 0 saturated heterocycles. The van der Waals surface area contributed by atoms with Gasteiger partial charge in [0.1, 0.15) is 0 Å². The number of hydrogen-bond acceptors (Lipinski definition) is 1. The lowest BCUT2D eigenvalue weighted by Gasteiger charge is -2.16. The van der Waals surface area contributed by atoms with E-state index in [1.54, 1.807) is 24.3 Å². The highest BCUT2D eigenvalue weighted by molar-refractivity contribution is 6.36. The average Bonchev–Trinajstić information content (AvgIpc) is 2.28. The van der Waals surface area contributed by atoms with Gasteiger partial charge in [-0.2, -0.15) is 0 Å². The van der Waals surface area contributed by atoms with E-state index in [2.05, 4.69) is 0 Å². The maximum absolute atomic E-state index is 6.16. The summed E-state index contributed by atoms with van der Waals surface area (Å²) >= 11 is 18.2. The van der Waals surface area contributed by atoms with E-state index >= 15 is 0 Å². The Hall–Kier alpha value is -0.730. The number of rotatable bonds is 2. The normalized spacial score (nSPS) is 12.5. The van der Waals surface area contributed by atoms with E-state index in [-0.39, 0.29) is 6.04 Å². The number of benzene rings is 2. The molecule has 2 rings (SSSR count). The average molecular weight is 287 g/mol. The molecule has 4 heteroatoms. The Bertz CT molecular complexity index is 520. The molecule has 0 amide bonds. The summed E-state index contributed by atoms with van der Waals surface area (Å²) in [7, 11) is 0. The molecule has 0 aliphatic heterocycles. The molecule has 1 atom stereocenters. The van der Waals surface area contributed by atoms with Crippen molar-refractivity contribution in [2.45, 2.75) is 6.04 Å². The highest BCUT2D eigenvalue weighted by Crippen LogP contribution is 2.33. The standard InChI is InChI=1S/C13H10Cl3N/c14-9-4-1-3-8(7-9)13(17)12-10(15)5-2-6-11(12)16/h1-7,13H,17H2. The van der Waals surface area contributed by atoms with Crippen molar-refractivity contribution in [3.63, 3.8) is 0 Å². The van der Waals surface area contributed by atoms with Gasteiger partial charge in [-0.25, -0.2) is 0 Å².